The van der Waals surface area contributed by atoms with Crippen LogP contribution in [-0.4, -0.2) is 25.2 Å². The maximum atomic E-state index is 10.8. The van der Waals surface area contributed by atoms with E-state index in [1.807, 2.05) is 26.2 Å². The van der Waals surface area contributed by atoms with E-state index in [-0.39, 0.29) is 0 Å². The fourth-order valence-corrected chi connectivity index (χ4v) is 1.81. The zero-order valence-electron chi connectivity index (χ0n) is 11.6. The second-order valence-electron chi connectivity index (χ2n) is 4.75. The van der Waals surface area contributed by atoms with Gasteiger partial charge in [-0.3, -0.25) is 0 Å². The first-order valence-corrected chi connectivity index (χ1v) is 6.35. The van der Waals surface area contributed by atoms with Gasteiger partial charge in [-0.2, -0.15) is 0 Å². The number of carboxylic acids is 1. The van der Waals surface area contributed by atoms with E-state index in [0.717, 1.165) is 16.8 Å². The van der Waals surface area contributed by atoms with Crippen LogP contribution in [0.25, 0.3) is 12.2 Å². The van der Waals surface area contributed by atoms with E-state index < -0.39 is 5.97 Å². The Kier molecular flexibility index (Phi) is 4.20. The zero-order chi connectivity index (χ0) is 14.5. The summed E-state index contributed by atoms with van der Waals surface area (Å²) in [6, 6.07) is 15.0. The standard InChI is InChI=1S/C17H17NO2/c1-18(2)16-11-7-14(8-12-16)4-3-13-5-9-15(10-6-13)17(19)20/h3-12H,1-2H3,(H,19,20)/b4-3+. The Hall–Kier alpha value is -2.55. The maximum absolute atomic E-state index is 10.8. The molecule has 0 amide bonds. The first kappa shape index (κ1) is 13.9. The summed E-state index contributed by atoms with van der Waals surface area (Å²) in [5, 5.41) is 8.83. The fraction of sp³-hybridized carbons (Fsp3) is 0.118. The Morgan fingerprint density at radius 1 is 0.900 bits per heavy atom. The van der Waals surface area contributed by atoms with Gasteiger partial charge in [-0.1, -0.05) is 36.4 Å². The Balaban J connectivity index is 2.10. The number of carboxylic acid groups (broad SMARTS) is 1. The molecule has 0 heterocycles. The molecule has 0 spiro atoms. The first-order chi connectivity index (χ1) is 9.56. The van der Waals surface area contributed by atoms with Crippen molar-refractivity contribution in [1.82, 2.24) is 0 Å². The minimum absolute atomic E-state index is 0.303. The van der Waals surface area contributed by atoms with E-state index >= 15 is 0 Å². The largest absolute Gasteiger partial charge is 0.478 e. The van der Waals surface area contributed by atoms with E-state index in [1.165, 1.54) is 0 Å². The molecule has 0 saturated heterocycles. The highest BCUT2D eigenvalue weighted by Crippen LogP contribution is 2.15. The molecule has 20 heavy (non-hydrogen) atoms. The van der Waals surface area contributed by atoms with Crippen molar-refractivity contribution in [2.75, 3.05) is 19.0 Å². The van der Waals surface area contributed by atoms with Gasteiger partial charge in [-0.15, -0.1) is 0 Å². The number of anilines is 1. The number of nitrogens with zero attached hydrogens (tertiary/aromatic N) is 1. The van der Waals surface area contributed by atoms with Crippen LogP contribution in [-0.2, 0) is 0 Å². The van der Waals surface area contributed by atoms with Crippen LogP contribution < -0.4 is 4.90 Å². The minimum atomic E-state index is -0.903. The van der Waals surface area contributed by atoms with Crippen LogP contribution in [0.5, 0.6) is 0 Å². The lowest BCUT2D eigenvalue weighted by Crippen LogP contribution is -2.07. The Bertz CT molecular complexity index is 610. The monoisotopic (exact) mass is 267 g/mol. The average Bonchev–Trinajstić information content (AvgIpc) is 2.46. The summed E-state index contributed by atoms with van der Waals surface area (Å²) < 4.78 is 0. The molecule has 0 saturated carbocycles. The molecule has 0 aromatic heterocycles. The maximum Gasteiger partial charge on any atom is 0.335 e. The molecule has 0 radical (unpaired) electrons. The molecular weight excluding hydrogens is 250 g/mol. The fourth-order valence-electron chi connectivity index (χ4n) is 1.81. The molecule has 0 bridgehead atoms. The Morgan fingerprint density at radius 3 is 1.75 bits per heavy atom. The Labute approximate surface area is 118 Å². The van der Waals surface area contributed by atoms with Gasteiger partial charge in [0.15, 0.2) is 0 Å². The lowest BCUT2D eigenvalue weighted by Gasteiger charge is -2.11. The quantitative estimate of drug-likeness (QED) is 0.860. The molecule has 2 rings (SSSR count). The number of carbonyl (C=O) groups is 1. The second-order valence-corrected chi connectivity index (χ2v) is 4.75. The third-order valence-electron chi connectivity index (χ3n) is 3.04. The molecule has 1 N–H and O–H groups in total. The number of hydrogen-bond donors (Lipinski definition) is 1. The van der Waals surface area contributed by atoms with Gasteiger partial charge in [0.2, 0.25) is 0 Å². The third-order valence-corrected chi connectivity index (χ3v) is 3.04. The SMILES string of the molecule is CN(C)c1ccc(/C=C/c2ccc(C(=O)O)cc2)cc1. The average molecular weight is 267 g/mol. The van der Waals surface area contributed by atoms with E-state index in [2.05, 4.69) is 29.2 Å². The minimum Gasteiger partial charge on any atom is -0.478 e. The summed E-state index contributed by atoms with van der Waals surface area (Å²) in [5.74, 6) is -0.903. The summed E-state index contributed by atoms with van der Waals surface area (Å²) in [4.78, 5) is 12.8. The van der Waals surface area contributed by atoms with Gasteiger partial charge >= 0.3 is 5.97 Å². The number of hydrogen-bond acceptors (Lipinski definition) is 2. The molecule has 3 heteroatoms. The third kappa shape index (κ3) is 3.48. The predicted octanol–water partition coefficient (Wildman–Crippen LogP) is 3.62. The lowest BCUT2D eigenvalue weighted by atomic mass is 10.1. The Morgan fingerprint density at radius 2 is 1.35 bits per heavy atom. The second kappa shape index (κ2) is 6.06. The lowest BCUT2D eigenvalue weighted by molar-refractivity contribution is 0.0697. The van der Waals surface area contributed by atoms with Crippen LogP contribution in [0.15, 0.2) is 48.5 Å². The van der Waals surface area contributed by atoms with Crippen molar-refractivity contribution in [3.8, 4) is 0 Å². The molecule has 0 aliphatic carbocycles. The molecule has 0 aliphatic heterocycles. The van der Waals surface area contributed by atoms with Crippen LogP contribution in [0.2, 0.25) is 0 Å². The molecule has 102 valence electrons. The highest BCUT2D eigenvalue weighted by Gasteiger charge is 2.00. The smallest absolute Gasteiger partial charge is 0.335 e. The van der Waals surface area contributed by atoms with Crippen LogP contribution in [0.3, 0.4) is 0 Å². The molecule has 2 aromatic rings. The zero-order valence-corrected chi connectivity index (χ0v) is 11.6. The van der Waals surface area contributed by atoms with Crippen LogP contribution in [0, 0.1) is 0 Å². The molecule has 0 fully saturated rings. The normalized spacial score (nSPS) is 10.7. The van der Waals surface area contributed by atoms with E-state index in [0.29, 0.717) is 5.56 Å². The van der Waals surface area contributed by atoms with Gasteiger partial charge in [-0.05, 0) is 35.4 Å². The van der Waals surface area contributed by atoms with E-state index in [9.17, 15) is 4.79 Å². The predicted molar refractivity (Wildman–Crippen MR) is 83.1 cm³/mol. The molecular formula is C17H17NO2. The number of benzene rings is 2. The van der Waals surface area contributed by atoms with Crippen LogP contribution in [0.4, 0.5) is 5.69 Å². The molecule has 2 aromatic carbocycles. The van der Waals surface area contributed by atoms with Crippen molar-refractivity contribution in [3.63, 3.8) is 0 Å². The highest BCUT2D eigenvalue weighted by molar-refractivity contribution is 5.88. The number of rotatable bonds is 4. The van der Waals surface area contributed by atoms with Crippen molar-refractivity contribution < 1.29 is 9.90 Å². The molecule has 0 unspecified atom stereocenters. The molecule has 0 atom stereocenters. The van der Waals surface area contributed by atoms with Gasteiger partial charge in [-0.25, -0.2) is 4.79 Å². The van der Waals surface area contributed by atoms with Gasteiger partial charge in [0.25, 0.3) is 0 Å². The van der Waals surface area contributed by atoms with Crippen LogP contribution in [0.1, 0.15) is 21.5 Å². The van der Waals surface area contributed by atoms with Crippen molar-refractivity contribution in [3.05, 3.63) is 65.2 Å². The molecule has 0 aliphatic rings. The highest BCUT2D eigenvalue weighted by atomic mass is 16.4. The first-order valence-electron chi connectivity index (χ1n) is 6.35. The van der Waals surface area contributed by atoms with Gasteiger partial charge in [0, 0.05) is 19.8 Å². The van der Waals surface area contributed by atoms with Crippen molar-refractivity contribution in [2.45, 2.75) is 0 Å². The summed E-state index contributed by atoms with van der Waals surface area (Å²) in [6.45, 7) is 0. The van der Waals surface area contributed by atoms with E-state index in [4.69, 9.17) is 5.11 Å². The van der Waals surface area contributed by atoms with Gasteiger partial charge < -0.3 is 10.0 Å². The van der Waals surface area contributed by atoms with Gasteiger partial charge in [0.1, 0.15) is 0 Å². The number of aromatic carboxylic acids is 1. The summed E-state index contributed by atoms with van der Waals surface area (Å²) in [7, 11) is 4.02. The van der Waals surface area contributed by atoms with Crippen molar-refractivity contribution in [2.24, 2.45) is 0 Å². The summed E-state index contributed by atoms with van der Waals surface area (Å²) >= 11 is 0. The summed E-state index contributed by atoms with van der Waals surface area (Å²) in [5.41, 5.74) is 3.55. The topological polar surface area (TPSA) is 40.5 Å². The summed E-state index contributed by atoms with van der Waals surface area (Å²) in [6.07, 6.45) is 3.98. The van der Waals surface area contributed by atoms with E-state index in [1.54, 1.807) is 24.3 Å². The van der Waals surface area contributed by atoms with Crippen molar-refractivity contribution >= 4 is 23.8 Å². The van der Waals surface area contributed by atoms with Crippen molar-refractivity contribution in [1.29, 1.82) is 0 Å². The van der Waals surface area contributed by atoms with Gasteiger partial charge in [0.05, 0.1) is 5.56 Å². The molecule has 3 nitrogen and oxygen atoms in total. The van der Waals surface area contributed by atoms with Crippen LogP contribution >= 0.6 is 0 Å².